The van der Waals surface area contributed by atoms with Crippen molar-refractivity contribution in [3.63, 3.8) is 0 Å². The van der Waals surface area contributed by atoms with Crippen LogP contribution in [0.4, 0.5) is 5.69 Å². The third-order valence-electron chi connectivity index (χ3n) is 4.84. The summed E-state index contributed by atoms with van der Waals surface area (Å²) in [6.07, 6.45) is 0. The van der Waals surface area contributed by atoms with Crippen LogP contribution >= 0.6 is 0 Å². The molecular formula is C25H24N2O. The van der Waals surface area contributed by atoms with Gasteiger partial charge in [0.25, 0.3) is 0 Å². The normalized spacial score (nSPS) is 11.9. The number of nitrogens with one attached hydrogen (secondary N) is 1. The summed E-state index contributed by atoms with van der Waals surface area (Å²) in [4.78, 5) is 0. The first kappa shape index (κ1) is 18.1. The topological polar surface area (TPSA) is 37.5 Å². The Morgan fingerprint density at radius 1 is 0.857 bits per heavy atom. The molecule has 0 bridgehead atoms. The lowest BCUT2D eigenvalue weighted by Gasteiger charge is -2.08. The number of rotatable bonds is 4. The molecule has 0 saturated heterocycles. The molecule has 28 heavy (non-hydrogen) atoms. The maximum absolute atomic E-state index is 6.21. The Balaban J connectivity index is 1.83. The summed E-state index contributed by atoms with van der Waals surface area (Å²) in [6, 6.07) is 26.7. The predicted molar refractivity (Wildman–Crippen MR) is 116 cm³/mol. The number of para-hydroxylation sites is 1. The fraction of sp³-hybridized carbons (Fsp3) is 0.160. The largest absolute Gasteiger partial charge is 0.456 e. The third-order valence-corrected chi connectivity index (χ3v) is 4.84. The molecular weight excluding hydrogens is 344 g/mol. The second-order valence-electron chi connectivity index (χ2n) is 7.36. The summed E-state index contributed by atoms with van der Waals surface area (Å²) in [5, 5.41) is 6.52. The molecule has 0 aliphatic carbocycles. The number of anilines is 1. The van der Waals surface area contributed by atoms with E-state index in [0.29, 0.717) is 5.92 Å². The average molecular weight is 368 g/mol. The predicted octanol–water partition coefficient (Wildman–Crippen LogP) is 6.46. The van der Waals surface area contributed by atoms with E-state index in [1.807, 2.05) is 42.5 Å². The molecule has 4 rings (SSSR count). The van der Waals surface area contributed by atoms with Crippen LogP contribution in [0.5, 0.6) is 0 Å². The molecule has 3 aromatic carbocycles. The molecule has 0 amide bonds. The van der Waals surface area contributed by atoms with E-state index in [0.717, 1.165) is 33.3 Å². The first-order chi connectivity index (χ1) is 13.6. The fourth-order valence-electron chi connectivity index (χ4n) is 3.19. The van der Waals surface area contributed by atoms with Gasteiger partial charge in [-0.25, -0.2) is 0 Å². The molecule has 0 atom stereocenters. The summed E-state index contributed by atoms with van der Waals surface area (Å²) in [5.41, 5.74) is 8.47. The number of nitrogens with zero attached hydrogens (tertiary/aromatic N) is 1. The first-order valence-electron chi connectivity index (χ1n) is 9.60. The van der Waals surface area contributed by atoms with Gasteiger partial charge in [-0.1, -0.05) is 67.9 Å². The Morgan fingerprint density at radius 2 is 1.61 bits per heavy atom. The van der Waals surface area contributed by atoms with Crippen LogP contribution in [0.25, 0.3) is 22.3 Å². The standard InChI is InChI=1S/C25H24N2O/c1-17(2)19-10-12-20(13-11-19)25-16-23(27-26-21-7-5-4-6-8-21)22-15-18(3)9-14-24(22)28-25/h4-17,26H,1-3H3/b27-23+. The second-order valence-corrected chi connectivity index (χ2v) is 7.36. The molecule has 0 unspecified atom stereocenters. The average Bonchev–Trinajstić information content (AvgIpc) is 2.73. The fourth-order valence-corrected chi connectivity index (χ4v) is 3.19. The van der Waals surface area contributed by atoms with Gasteiger partial charge < -0.3 is 4.42 Å². The summed E-state index contributed by atoms with van der Waals surface area (Å²) in [5.74, 6) is 1.31. The zero-order valence-corrected chi connectivity index (χ0v) is 16.4. The lowest BCUT2D eigenvalue weighted by molar-refractivity contribution is 0.618. The summed E-state index contributed by atoms with van der Waals surface area (Å²) >= 11 is 0. The third kappa shape index (κ3) is 3.84. The van der Waals surface area contributed by atoms with Crippen molar-refractivity contribution in [2.75, 3.05) is 5.43 Å². The van der Waals surface area contributed by atoms with Crippen LogP contribution < -0.4 is 10.8 Å². The molecule has 3 nitrogen and oxygen atoms in total. The SMILES string of the molecule is Cc1ccc2oc(-c3ccc(C(C)C)cc3)c/c(=N\Nc3ccccc3)c2c1. The zero-order valence-electron chi connectivity index (χ0n) is 16.4. The van der Waals surface area contributed by atoms with Crippen molar-refractivity contribution in [1.29, 1.82) is 0 Å². The Labute approximate surface area is 165 Å². The van der Waals surface area contributed by atoms with E-state index in [1.54, 1.807) is 0 Å². The van der Waals surface area contributed by atoms with E-state index in [2.05, 4.69) is 67.7 Å². The van der Waals surface area contributed by atoms with E-state index in [-0.39, 0.29) is 0 Å². The van der Waals surface area contributed by atoms with Gasteiger partial charge in [-0.2, -0.15) is 5.10 Å². The van der Waals surface area contributed by atoms with Crippen LogP contribution in [0.2, 0.25) is 0 Å². The minimum absolute atomic E-state index is 0.506. The Kier molecular flexibility index (Phi) is 4.98. The number of aryl methyl sites for hydroxylation is 1. The monoisotopic (exact) mass is 368 g/mol. The van der Waals surface area contributed by atoms with Crippen molar-refractivity contribution in [2.45, 2.75) is 26.7 Å². The highest BCUT2D eigenvalue weighted by molar-refractivity contribution is 5.79. The number of benzene rings is 3. The van der Waals surface area contributed by atoms with Crippen LogP contribution in [0.3, 0.4) is 0 Å². The first-order valence-corrected chi connectivity index (χ1v) is 9.60. The second kappa shape index (κ2) is 7.73. The Hall–Kier alpha value is -3.33. The van der Waals surface area contributed by atoms with Crippen molar-refractivity contribution in [3.05, 3.63) is 95.3 Å². The molecule has 0 radical (unpaired) electrons. The van der Waals surface area contributed by atoms with E-state index in [1.165, 1.54) is 11.1 Å². The van der Waals surface area contributed by atoms with Crippen molar-refractivity contribution in [3.8, 4) is 11.3 Å². The van der Waals surface area contributed by atoms with Crippen LogP contribution in [-0.4, -0.2) is 0 Å². The van der Waals surface area contributed by atoms with E-state index in [9.17, 15) is 0 Å². The lowest BCUT2D eigenvalue weighted by Crippen LogP contribution is -2.07. The van der Waals surface area contributed by atoms with E-state index >= 15 is 0 Å². The van der Waals surface area contributed by atoms with E-state index in [4.69, 9.17) is 4.42 Å². The smallest absolute Gasteiger partial charge is 0.136 e. The van der Waals surface area contributed by atoms with Gasteiger partial charge in [0.2, 0.25) is 0 Å². The van der Waals surface area contributed by atoms with Gasteiger partial charge in [-0.15, -0.1) is 0 Å². The summed E-state index contributed by atoms with van der Waals surface area (Å²) in [6.45, 7) is 6.47. The lowest BCUT2D eigenvalue weighted by atomic mass is 10.0. The molecule has 0 saturated carbocycles. The molecule has 1 aromatic heterocycles. The number of fused-ring (bicyclic) bond motifs is 1. The molecule has 1 N–H and O–H groups in total. The summed E-state index contributed by atoms with van der Waals surface area (Å²) in [7, 11) is 0. The van der Waals surface area contributed by atoms with Gasteiger partial charge in [-0.05, 0) is 42.7 Å². The Bertz CT molecular complexity index is 1160. The van der Waals surface area contributed by atoms with Gasteiger partial charge in [0.15, 0.2) is 0 Å². The molecule has 0 aliphatic rings. The van der Waals surface area contributed by atoms with Crippen LogP contribution in [0, 0.1) is 6.92 Å². The molecule has 140 valence electrons. The van der Waals surface area contributed by atoms with Crippen molar-refractivity contribution in [1.82, 2.24) is 0 Å². The van der Waals surface area contributed by atoms with Crippen LogP contribution in [-0.2, 0) is 0 Å². The van der Waals surface area contributed by atoms with Gasteiger partial charge in [0, 0.05) is 17.0 Å². The summed E-state index contributed by atoms with van der Waals surface area (Å²) < 4.78 is 6.21. The maximum Gasteiger partial charge on any atom is 0.136 e. The van der Waals surface area contributed by atoms with Crippen molar-refractivity contribution in [2.24, 2.45) is 5.10 Å². The molecule has 0 spiro atoms. The van der Waals surface area contributed by atoms with Crippen molar-refractivity contribution < 1.29 is 4.42 Å². The maximum atomic E-state index is 6.21. The molecule has 0 fully saturated rings. The van der Waals surface area contributed by atoms with Crippen molar-refractivity contribution >= 4 is 16.7 Å². The molecule has 3 heteroatoms. The van der Waals surface area contributed by atoms with Crippen LogP contribution in [0.15, 0.2) is 88.4 Å². The van der Waals surface area contributed by atoms with Gasteiger partial charge >= 0.3 is 0 Å². The minimum atomic E-state index is 0.506. The molecule has 0 aliphatic heterocycles. The molecule has 1 heterocycles. The van der Waals surface area contributed by atoms with Gasteiger partial charge in [0.1, 0.15) is 11.3 Å². The molecule has 4 aromatic rings. The highest BCUT2D eigenvalue weighted by Gasteiger charge is 2.07. The quantitative estimate of drug-likeness (QED) is 0.420. The Morgan fingerprint density at radius 3 is 2.32 bits per heavy atom. The van der Waals surface area contributed by atoms with E-state index < -0.39 is 0 Å². The van der Waals surface area contributed by atoms with Crippen LogP contribution in [0.1, 0.15) is 30.9 Å². The zero-order chi connectivity index (χ0) is 19.5. The van der Waals surface area contributed by atoms with Gasteiger partial charge in [0.05, 0.1) is 11.0 Å². The highest BCUT2D eigenvalue weighted by atomic mass is 16.3. The number of hydrogen-bond donors (Lipinski definition) is 1. The minimum Gasteiger partial charge on any atom is -0.456 e. The van der Waals surface area contributed by atoms with Gasteiger partial charge in [-0.3, -0.25) is 5.43 Å². The highest BCUT2D eigenvalue weighted by Crippen LogP contribution is 2.25. The number of hydrogen-bond acceptors (Lipinski definition) is 3.